The second-order valence-electron chi connectivity index (χ2n) is 6.00. The number of hydrogen-bond donors (Lipinski definition) is 1. The number of hydrogen-bond acceptors (Lipinski definition) is 3. The van der Waals surface area contributed by atoms with E-state index >= 15 is 0 Å². The number of fused-ring (bicyclic) bond motifs is 1. The van der Waals surface area contributed by atoms with Crippen molar-refractivity contribution < 1.29 is 9.53 Å². The summed E-state index contributed by atoms with van der Waals surface area (Å²) in [5, 5.41) is 3.39. The van der Waals surface area contributed by atoms with Crippen LogP contribution in [0.5, 0.6) is 0 Å². The van der Waals surface area contributed by atoms with Crippen LogP contribution in [0, 0.1) is 5.92 Å². The van der Waals surface area contributed by atoms with Crippen LogP contribution in [-0.4, -0.2) is 44.2 Å². The van der Waals surface area contributed by atoms with Crippen LogP contribution in [0.25, 0.3) is 0 Å². The molecular formula is C17H26N2O2. The van der Waals surface area contributed by atoms with Crippen molar-refractivity contribution in [1.82, 2.24) is 4.90 Å². The van der Waals surface area contributed by atoms with Gasteiger partial charge in [0.25, 0.3) is 5.91 Å². The Bertz CT molecular complexity index is 486. The number of carbonyl (C=O) groups is 1. The molecule has 0 atom stereocenters. The molecule has 4 heteroatoms. The summed E-state index contributed by atoms with van der Waals surface area (Å²) in [5.74, 6) is 0.574. The molecule has 21 heavy (non-hydrogen) atoms. The third-order valence-corrected chi connectivity index (χ3v) is 3.76. The van der Waals surface area contributed by atoms with Crippen LogP contribution < -0.4 is 5.32 Å². The second-order valence-corrected chi connectivity index (χ2v) is 6.00. The Morgan fingerprint density at radius 3 is 2.95 bits per heavy atom. The molecule has 0 unspecified atom stereocenters. The van der Waals surface area contributed by atoms with E-state index < -0.39 is 0 Å². The Labute approximate surface area is 127 Å². The molecule has 116 valence electrons. The van der Waals surface area contributed by atoms with Crippen LogP contribution in [0.1, 0.15) is 36.2 Å². The van der Waals surface area contributed by atoms with E-state index in [0.29, 0.717) is 19.1 Å². The highest BCUT2D eigenvalue weighted by Gasteiger charge is 2.22. The maximum Gasteiger partial charge on any atom is 0.254 e. The monoisotopic (exact) mass is 290 g/mol. The fourth-order valence-electron chi connectivity index (χ4n) is 2.80. The quantitative estimate of drug-likeness (QED) is 0.876. The summed E-state index contributed by atoms with van der Waals surface area (Å²) in [4.78, 5) is 14.8. The highest BCUT2D eigenvalue weighted by Crippen LogP contribution is 2.26. The second kappa shape index (κ2) is 7.46. The largest absolute Gasteiger partial charge is 0.385 e. The highest BCUT2D eigenvalue weighted by atomic mass is 16.5. The Hall–Kier alpha value is -1.55. The van der Waals surface area contributed by atoms with Gasteiger partial charge >= 0.3 is 0 Å². The summed E-state index contributed by atoms with van der Waals surface area (Å²) in [6.07, 6.45) is 2.06. The molecule has 0 bridgehead atoms. The summed E-state index contributed by atoms with van der Waals surface area (Å²) < 4.78 is 5.15. The molecule has 0 spiro atoms. The van der Waals surface area contributed by atoms with Crippen molar-refractivity contribution in [3.63, 3.8) is 0 Å². The summed E-state index contributed by atoms with van der Waals surface area (Å²) >= 11 is 0. The summed E-state index contributed by atoms with van der Waals surface area (Å²) in [6.45, 7) is 7.24. The minimum atomic E-state index is 0.126. The fourth-order valence-corrected chi connectivity index (χ4v) is 2.80. The first-order valence-electron chi connectivity index (χ1n) is 7.77. The van der Waals surface area contributed by atoms with E-state index in [9.17, 15) is 4.79 Å². The number of nitrogens with one attached hydrogen (secondary N) is 1. The zero-order valence-electron chi connectivity index (χ0n) is 13.3. The molecule has 0 aliphatic carbocycles. The topological polar surface area (TPSA) is 41.6 Å². The van der Waals surface area contributed by atoms with Crippen molar-refractivity contribution in [3.05, 3.63) is 29.3 Å². The minimum Gasteiger partial charge on any atom is -0.385 e. The van der Waals surface area contributed by atoms with E-state index in [1.165, 1.54) is 5.56 Å². The van der Waals surface area contributed by atoms with E-state index in [-0.39, 0.29) is 5.91 Å². The Morgan fingerprint density at radius 2 is 2.24 bits per heavy atom. The van der Waals surface area contributed by atoms with Crippen molar-refractivity contribution in [2.24, 2.45) is 5.92 Å². The van der Waals surface area contributed by atoms with Gasteiger partial charge in [0.1, 0.15) is 0 Å². The van der Waals surface area contributed by atoms with Gasteiger partial charge in [0.05, 0.1) is 6.61 Å². The first-order chi connectivity index (χ1) is 10.1. The lowest BCUT2D eigenvalue weighted by Crippen LogP contribution is -2.37. The number of amides is 1. The molecule has 1 aliphatic heterocycles. The highest BCUT2D eigenvalue weighted by molar-refractivity contribution is 5.97. The number of rotatable bonds is 6. The molecule has 0 saturated heterocycles. The molecule has 1 N–H and O–H groups in total. The van der Waals surface area contributed by atoms with Gasteiger partial charge < -0.3 is 15.0 Å². The van der Waals surface area contributed by atoms with Crippen LogP contribution in [0.3, 0.4) is 0 Å². The van der Waals surface area contributed by atoms with Gasteiger partial charge in [0, 0.05) is 38.0 Å². The SMILES string of the molecule is COCCN(CC(C)C)C(=O)c1cccc2c1CCCN2. The molecule has 1 heterocycles. The zero-order chi connectivity index (χ0) is 15.2. The van der Waals surface area contributed by atoms with Gasteiger partial charge in [-0.05, 0) is 36.5 Å². The summed E-state index contributed by atoms with van der Waals surface area (Å²) in [7, 11) is 1.67. The van der Waals surface area contributed by atoms with E-state index in [1.807, 2.05) is 17.0 Å². The van der Waals surface area contributed by atoms with Gasteiger partial charge in [0.2, 0.25) is 0 Å². The summed E-state index contributed by atoms with van der Waals surface area (Å²) in [5.41, 5.74) is 3.12. The van der Waals surface area contributed by atoms with Crippen molar-refractivity contribution in [2.75, 3.05) is 38.7 Å². The molecular weight excluding hydrogens is 264 g/mol. The van der Waals surface area contributed by atoms with E-state index in [4.69, 9.17) is 4.74 Å². The number of ether oxygens (including phenoxy) is 1. The third-order valence-electron chi connectivity index (χ3n) is 3.76. The van der Waals surface area contributed by atoms with Crippen LogP contribution in [0.15, 0.2) is 18.2 Å². The van der Waals surface area contributed by atoms with Gasteiger partial charge in [-0.1, -0.05) is 19.9 Å². The van der Waals surface area contributed by atoms with Crippen LogP contribution in [0.2, 0.25) is 0 Å². The maximum absolute atomic E-state index is 12.9. The predicted octanol–water partition coefficient (Wildman–Crippen LogP) is 2.79. The Balaban J connectivity index is 2.23. The predicted molar refractivity (Wildman–Crippen MR) is 85.9 cm³/mol. The van der Waals surface area contributed by atoms with Crippen molar-refractivity contribution in [2.45, 2.75) is 26.7 Å². The lowest BCUT2D eigenvalue weighted by molar-refractivity contribution is 0.0671. The standard InChI is InChI=1S/C17H26N2O2/c1-13(2)12-19(10-11-21-3)17(20)15-6-4-8-16-14(15)7-5-9-18-16/h4,6,8,13,18H,5,7,9-12H2,1-3H3. The lowest BCUT2D eigenvalue weighted by Gasteiger charge is -2.27. The normalized spacial score (nSPS) is 13.7. The van der Waals surface area contributed by atoms with Crippen molar-refractivity contribution >= 4 is 11.6 Å². The number of methoxy groups -OCH3 is 1. The summed E-state index contributed by atoms with van der Waals surface area (Å²) in [6, 6.07) is 5.98. The molecule has 0 saturated carbocycles. The van der Waals surface area contributed by atoms with Gasteiger partial charge in [-0.3, -0.25) is 4.79 Å². The smallest absolute Gasteiger partial charge is 0.254 e. The van der Waals surface area contributed by atoms with Gasteiger partial charge in [-0.25, -0.2) is 0 Å². The fraction of sp³-hybridized carbons (Fsp3) is 0.588. The van der Waals surface area contributed by atoms with Crippen molar-refractivity contribution in [3.8, 4) is 0 Å². The van der Waals surface area contributed by atoms with E-state index in [1.54, 1.807) is 7.11 Å². The number of carbonyl (C=O) groups excluding carboxylic acids is 1. The van der Waals surface area contributed by atoms with Gasteiger partial charge in [-0.2, -0.15) is 0 Å². The van der Waals surface area contributed by atoms with E-state index in [0.717, 1.165) is 37.2 Å². The number of benzene rings is 1. The van der Waals surface area contributed by atoms with Gasteiger partial charge in [-0.15, -0.1) is 0 Å². The molecule has 0 fully saturated rings. The van der Waals surface area contributed by atoms with E-state index in [2.05, 4.69) is 25.2 Å². The number of anilines is 1. The Kier molecular flexibility index (Phi) is 5.62. The average molecular weight is 290 g/mol. The first kappa shape index (κ1) is 15.8. The number of nitrogens with zero attached hydrogens (tertiary/aromatic N) is 1. The Morgan fingerprint density at radius 1 is 1.43 bits per heavy atom. The molecule has 0 radical (unpaired) electrons. The van der Waals surface area contributed by atoms with Crippen LogP contribution >= 0.6 is 0 Å². The van der Waals surface area contributed by atoms with Crippen LogP contribution in [-0.2, 0) is 11.2 Å². The zero-order valence-corrected chi connectivity index (χ0v) is 13.3. The minimum absolute atomic E-state index is 0.126. The lowest BCUT2D eigenvalue weighted by atomic mass is 9.96. The molecule has 1 aromatic rings. The first-order valence-corrected chi connectivity index (χ1v) is 7.77. The molecule has 4 nitrogen and oxygen atoms in total. The maximum atomic E-state index is 12.9. The molecule has 1 aliphatic rings. The molecule has 2 rings (SSSR count). The van der Waals surface area contributed by atoms with Crippen LogP contribution in [0.4, 0.5) is 5.69 Å². The molecule has 1 amide bonds. The van der Waals surface area contributed by atoms with Gasteiger partial charge in [0.15, 0.2) is 0 Å². The molecule has 1 aromatic carbocycles. The average Bonchev–Trinajstić information content (AvgIpc) is 2.50. The third kappa shape index (κ3) is 3.97. The van der Waals surface area contributed by atoms with Crippen molar-refractivity contribution in [1.29, 1.82) is 0 Å². The molecule has 0 aromatic heterocycles.